The molecule has 1 heterocycles. The molecule has 0 saturated carbocycles. The van der Waals surface area contributed by atoms with Gasteiger partial charge in [0, 0.05) is 17.8 Å². The highest BCUT2D eigenvalue weighted by Crippen LogP contribution is 2.22. The summed E-state index contributed by atoms with van der Waals surface area (Å²) in [5.41, 5.74) is 6.02. The van der Waals surface area contributed by atoms with Crippen LogP contribution in [0.3, 0.4) is 0 Å². The summed E-state index contributed by atoms with van der Waals surface area (Å²) in [4.78, 5) is 13.2. The van der Waals surface area contributed by atoms with Crippen LogP contribution in [0.5, 0.6) is 5.75 Å². The monoisotopic (exact) mass is 264 g/mol. The number of carboxylic acids is 1. The van der Waals surface area contributed by atoms with Gasteiger partial charge >= 0.3 is 5.97 Å². The van der Waals surface area contributed by atoms with Crippen molar-refractivity contribution in [3.8, 4) is 5.75 Å². The summed E-state index contributed by atoms with van der Waals surface area (Å²) in [5, 5.41) is 8.88. The summed E-state index contributed by atoms with van der Waals surface area (Å²) in [5.74, 6) is -0.389. The van der Waals surface area contributed by atoms with Gasteiger partial charge in [-0.1, -0.05) is 0 Å². The Morgan fingerprint density at radius 2 is 2.37 bits per heavy atom. The predicted molar refractivity (Wildman–Crippen MR) is 73.6 cm³/mol. The largest absolute Gasteiger partial charge is 0.493 e. The van der Waals surface area contributed by atoms with Crippen LogP contribution in [0.2, 0.25) is 0 Å². The van der Waals surface area contributed by atoms with E-state index in [4.69, 9.17) is 15.6 Å². The van der Waals surface area contributed by atoms with Crippen molar-refractivity contribution in [3.63, 3.8) is 0 Å². The molecule has 0 aromatic heterocycles. The van der Waals surface area contributed by atoms with Crippen molar-refractivity contribution in [2.45, 2.75) is 25.3 Å². The van der Waals surface area contributed by atoms with Crippen molar-refractivity contribution < 1.29 is 14.6 Å². The Hall–Kier alpha value is -1.75. The lowest BCUT2D eigenvalue weighted by Crippen LogP contribution is -2.26. The number of anilines is 1. The van der Waals surface area contributed by atoms with Crippen LogP contribution < -0.4 is 10.5 Å². The zero-order chi connectivity index (χ0) is 13.8. The third kappa shape index (κ3) is 3.38. The average molecular weight is 264 g/mol. The zero-order valence-corrected chi connectivity index (χ0v) is 11.1. The zero-order valence-electron chi connectivity index (χ0n) is 11.1. The second-order valence-corrected chi connectivity index (χ2v) is 4.97. The average Bonchev–Trinajstić information content (AvgIpc) is 2.75. The second kappa shape index (κ2) is 5.93. The third-order valence-electron chi connectivity index (χ3n) is 3.64. The Bertz CT molecular complexity index is 462. The fourth-order valence-electron chi connectivity index (χ4n) is 2.48. The van der Waals surface area contributed by atoms with E-state index >= 15 is 0 Å². The number of aromatic carboxylic acids is 1. The number of nitrogens with zero attached hydrogens (tertiary/aromatic N) is 1. The fourth-order valence-corrected chi connectivity index (χ4v) is 2.48. The molecule has 1 unspecified atom stereocenters. The number of hydrogen-bond donors (Lipinski definition) is 2. The molecule has 19 heavy (non-hydrogen) atoms. The molecule has 5 heteroatoms. The minimum Gasteiger partial charge on any atom is -0.493 e. The quantitative estimate of drug-likeness (QED) is 0.793. The maximum absolute atomic E-state index is 10.8. The molecule has 1 aliphatic rings. The van der Waals surface area contributed by atoms with E-state index in [0.717, 1.165) is 13.0 Å². The molecule has 0 bridgehead atoms. The third-order valence-corrected chi connectivity index (χ3v) is 3.64. The van der Waals surface area contributed by atoms with Crippen molar-refractivity contribution >= 4 is 11.7 Å². The van der Waals surface area contributed by atoms with Gasteiger partial charge in [-0.25, -0.2) is 4.79 Å². The number of hydrogen-bond acceptors (Lipinski definition) is 4. The van der Waals surface area contributed by atoms with Crippen molar-refractivity contribution in [2.24, 2.45) is 0 Å². The molecule has 5 nitrogen and oxygen atoms in total. The molecule has 104 valence electrons. The first-order chi connectivity index (χ1) is 9.08. The summed E-state index contributed by atoms with van der Waals surface area (Å²) < 4.78 is 5.63. The van der Waals surface area contributed by atoms with Crippen LogP contribution in [0.1, 0.15) is 29.6 Å². The minimum absolute atomic E-state index is 0.114. The number of ether oxygens (including phenoxy) is 1. The molecule has 1 atom stereocenters. The number of likely N-dealkylation sites (tertiary alicyclic amines) is 1. The highest BCUT2D eigenvalue weighted by atomic mass is 16.5. The summed E-state index contributed by atoms with van der Waals surface area (Å²) in [6.07, 6.45) is 3.46. The van der Waals surface area contributed by atoms with Crippen molar-refractivity contribution in [1.29, 1.82) is 0 Å². The molecule has 1 saturated heterocycles. The van der Waals surface area contributed by atoms with Gasteiger partial charge in [-0.15, -0.1) is 0 Å². The molecular weight excluding hydrogens is 244 g/mol. The lowest BCUT2D eigenvalue weighted by atomic mass is 10.1. The maximum atomic E-state index is 10.8. The number of carboxylic acid groups (broad SMARTS) is 1. The number of benzene rings is 1. The number of rotatable bonds is 5. The molecule has 1 aliphatic heterocycles. The lowest BCUT2D eigenvalue weighted by molar-refractivity contribution is 0.0698. The van der Waals surface area contributed by atoms with E-state index in [1.807, 2.05) is 0 Å². The predicted octanol–water partition coefficient (Wildman–Crippen LogP) is 1.83. The van der Waals surface area contributed by atoms with E-state index in [-0.39, 0.29) is 11.3 Å². The number of carbonyl (C=O) groups is 1. The van der Waals surface area contributed by atoms with E-state index in [9.17, 15) is 4.79 Å². The summed E-state index contributed by atoms with van der Waals surface area (Å²) in [6, 6.07) is 5.30. The number of nitrogens with two attached hydrogens (primary N) is 1. The Labute approximate surface area is 113 Å². The van der Waals surface area contributed by atoms with E-state index in [1.165, 1.54) is 18.9 Å². The molecule has 3 N–H and O–H groups in total. The molecule has 0 radical (unpaired) electrons. The van der Waals surface area contributed by atoms with Gasteiger partial charge in [0.2, 0.25) is 0 Å². The van der Waals surface area contributed by atoms with Crippen LogP contribution >= 0.6 is 0 Å². The highest BCUT2D eigenvalue weighted by Gasteiger charge is 2.20. The molecule has 0 spiro atoms. The fraction of sp³-hybridized carbons (Fsp3) is 0.500. The van der Waals surface area contributed by atoms with Crippen LogP contribution in [-0.2, 0) is 0 Å². The Kier molecular flexibility index (Phi) is 4.27. The summed E-state index contributed by atoms with van der Waals surface area (Å²) in [7, 11) is 2.14. The summed E-state index contributed by atoms with van der Waals surface area (Å²) in [6.45, 7) is 1.78. The second-order valence-electron chi connectivity index (χ2n) is 4.97. The van der Waals surface area contributed by atoms with Crippen LogP contribution in [0.25, 0.3) is 0 Å². The van der Waals surface area contributed by atoms with Gasteiger partial charge in [0.25, 0.3) is 0 Å². The molecule has 0 amide bonds. The van der Waals surface area contributed by atoms with E-state index in [0.29, 0.717) is 18.4 Å². The van der Waals surface area contributed by atoms with Gasteiger partial charge in [0.1, 0.15) is 5.75 Å². The maximum Gasteiger partial charge on any atom is 0.337 e. The first-order valence-corrected chi connectivity index (χ1v) is 6.54. The molecule has 1 aromatic carbocycles. The molecule has 0 aliphatic carbocycles. The van der Waals surface area contributed by atoms with Gasteiger partial charge < -0.3 is 20.5 Å². The lowest BCUT2D eigenvalue weighted by Gasteiger charge is -2.19. The first-order valence-electron chi connectivity index (χ1n) is 6.54. The standard InChI is InChI=1S/C14H20N2O3/c1-16-7-2-3-10(16)6-8-19-11-4-5-12(14(17)18)13(15)9-11/h4-5,9-10H,2-3,6-8,15H2,1H3,(H,17,18). The Balaban J connectivity index is 1.86. The van der Waals surface area contributed by atoms with E-state index in [2.05, 4.69) is 11.9 Å². The van der Waals surface area contributed by atoms with Crippen molar-refractivity contribution in [3.05, 3.63) is 23.8 Å². The van der Waals surface area contributed by atoms with E-state index in [1.54, 1.807) is 12.1 Å². The van der Waals surface area contributed by atoms with Gasteiger partial charge in [0.15, 0.2) is 0 Å². The minimum atomic E-state index is -1.02. The smallest absolute Gasteiger partial charge is 0.337 e. The molecular formula is C14H20N2O3. The van der Waals surface area contributed by atoms with Gasteiger partial charge in [0.05, 0.1) is 12.2 Å². The van der Waals surface area contributed by atoms with Gasteiger partial charge in [-0.05, 0) is 45.0 Å². The van der Waals surface area contributed by atoms with E-state index < -0.39 is 5.97 Å². The van der Waals surface area contributed by atoms with Crippen LogP contribution in [0, 0.1) is 0 Å². The number of nitrogen functional groups attached to an aromatic ring is 1. The Morgan fingerprint density at radius 3 is 2.95 bits per heavy atom. The molecule has 1 aromatic rings. The van der Waals surface area contributed by atoms with Gasteiger partial charge in [-0.2, -0.15) is 0 Å². The Morgan fingerprint density at radius 1 is 1.58 bits per heavy atom. The van der Waals surface area contributed by atoms with Crippen molar-refractivity contribution in [2.75, 3.05) is 25.9 Å². The SMILES string of the molecule is CN1CCCC1CCOc1ccc(C(=O)O)c(N)c1. The molecule has 1 fully saturated rings. The topological polar surface area (TPSA) is 75.8 Å². The molecule has 2 rings (SSSR count). The highest BCUT2D eigenvalue weighted by molar-refractivity contribution is 5.93. The first kappa shape index (κ1) is 13.7. The van der Waals surface area contributed by atoms with Gasteiger partial charge in [-0.3, -0.25) is 0 Å². The van der Waals surface area contributed by atoms with Crippen molar-refractivity contribution in [1.82, 2.24) is 4.90 Å². The van der Waals surface area contributed by atoms with Crippen LogP contribution in [0.15, 0.2) is 18.2 Å². The summed E-state index contributed by atoms with van der Waals surface area (Å²) >= 11 is 0. The normalized spacial score (nSPS) is 19.5. The van der Waals surface area contributed by atoms with Crippen LogP contribution in [0.4, 0.5) is 5.69 Å². The van der Waals surface area contributed by atoms with Crippen LogP contribution in [-0.4, -0.2) is 42.2 Å².